The number of benzene rings is 1. The number of fused-ring (bicyclic) bond motifs is 1. The lowest BCUT2D eigenvalue weighted by Gasteiger charge is -2.05. The second-order valence-electron chi connectivity index (χ2n) is 3.95. The molecule has 0 bridgehead atoms. The quantitative estimate of drug-likeness (QED) is 0.817. The SMILES string of the molecule is C=CCNc1cc2cn(CCOC)nc2cc1Cl. The summed E-state index contributed by atoms with van der Waals surface area (Å²) in [6.45, 7) is 5.73. The number of nitrogens with one attached hydrogen (secondary N) is 1. The van der Waals surface area contributed by atoms with E-state index in [0.29, 0.717) is 18.2 Å². The maximum Gasteiger partial charge on any atom is 0.0939 e. The van der Waals surface area contributed by atoms with E-state index in [2.05, 4.69) is 17.0 Å². The fourth-order valence-electron chi connectivity index (χ4n) is 1.71. The van der Waals surface area contributed by atoms with E-state index in [1.165, 1.54) is 0 Å². The van der Waals surface area contributed by atoms with Gasteiger partial charge in [0.1, 0.15) is 0 Å². The molecule has 0 fully saturated rings. The normalized spacial score (nSPS) is 10.8. The molecule has 2 rings (SSSR count). The van der Waals surface area contributed by atoms with Gasteiger partial charge in [-0.05, 0) is 12.1 Å². The van der Waals surface area contributed by atoms with Crippen LogP contribution in [0.3, 0.4) is 0 Å². The van der Waals surface area contributed by atoms with Gasteiger partial charge in [0, 0.05) is 25.2 Å². The molecule has 0 radical (unpaired) electrons. The van der Waals surface area contributed by atoms with Crippen molar-refractivity contribution in [2.24, 2.45) is 0 Å². The summed E-state index contributed by atoms with van der Waals surface area (Å²) in [5, 5.41) is 9.36. The van der Waals surface area contributed by atoms with Crippen LogP contribution in [0.5, 0.6) is 0 Å². The summed E-state index contributed by atoms with van der Waals surface area (Å²) >= 11 is 6.18. The van der Waals surface area contributed by atoms with Crippen LogP contribution in [0.1, 0.15) is 0 Å². The summed E-state index contributed by atoms with van der Waals surface area (Å²) in [7, 11) is 1.68. The summed E-state index contributed by atoms with van der Waals surface area (Å²) < 4.78 is 6.89. The first kappa shape index (κ1) is 12.9. The fraction of sp³-hybridized carbons (Fsp3) is 0.308. The zero-order valence-electron chi connectivity index (χ0n) is 10.3. The molecule has 0 saturated heterocycles. The van der Waals surface area contributed by atoms with Gasteiger partial charge in [0.25, 0.3) is 0 Å². The second-order valence-corrected chi connectivity index (χ2v) is 4.35. The van der Waals surface area contributed by atoms with Gasteiger partial charge < -0.3 is 10.1 Å². The van der Waals surface area contributed by atoms with Gasteiger partial charge in [-0.2, -0.15) is 5.10 Å². The number of nitrogens with zero attached hydrogens (tertiary/aromatic N) is 2. The minimum atomic E-state index is 0.642. The molecule has 1 aromatic carbocycles. The maximum absolute atomic E-state index is 6.18. The largest absolute Gasteiger partial charge is 0.383 e. The molecule has 96 valence electrons. The Balaban J connectivity index is 2.28. The van der Waals surface area contributed by atoms with Gasteiger partial charge in [-0.15, -0.1) is 6.58 Å². The summed E-state index contributed by atoms with van der Waals surface area (Å²) in [5.41, 5.74) is 1.79. The van der Waals surface area contributed by atoms with Crippen LogP contribution in [-0.4, -0.2) is 30.0 Å². The average molecular weight is 266 g/mol. The smallest absolute Gasteiger partial charge is 0.0939 e. The Hall–Kier alpha value is -1.52. The Morgan fingerprint density at radius 1 is 1.56 bits per heavy atom. The Morgan fingerprint density at radius 3 is 3.11 bits per heavy atom. The summed E-state index contributed by atoms with van der Waals surface area (Å²) in [6.07, 6.45) is 3.78. The number of ether oxygens (including phenoxy) is 1. The summed E-state index contributed by atoms with van der Waals surface area (Å²) in [6, 6.07) is 3.86. The first-order valence-corrected chi connectivity index (χ1v) is 6.13. The predicted molar refractivity (Wildman–Crippen MR) is 75.3 cm³/mol. The van der Waals surface area contributed by atoms with Gasteiger partial charge in [0.2, 0.25) is 0 Å². The molecule has 1 N–H and O–H groups in total. The molecule has 2 aromatic rings. The number of hydrogen-bond acceptors (Lipinski definition) is 3. The van der Waals surface area contributed by atoms with E-state index in [4.69, 9.17) is 16.3 Å². The third-order valence-corrected chi connectivity index (χ3v) is 2.91. The second kappa shape index (κ2) is 5.89. The first-order valence-electron chi connectivity index (χ1n) is 5.75. The average Bonchev–Trinajstić information content (AvgIpc) is 2.75. The number of anilines is 1. The van der Waals surface area contributed by atoms with E-state index in [1.54, 1.807) is 13.2 Å². The Morgan fingerprint density at radius 2 is 2.39 bits per heavy atom. The van der Waals surface area contributed by atoms with Gasteiger partial charge in [-0.1, -0.05) is 17.7 Å². The zero-order valence-corrected chi connectivity index (χ0v) is 11.1. The molecule has 0 spiro atoms. The van der Waals surface area contributed by atoms with E-state index < -0.39 is 0 Å². The fourth-order valence-corrected chi connectivity index (χ4v) is 1.94. The number of aromatic nitrogens is 2. The molecular weight excluding hydrogens is 250 g/mol. The van der Waals surface area contributed by atoms with Gasteiger partial charge >= 0.3 is 0 Å². The molecule has 1 aromatic heterocycles. The molecule has 0 atom stereocenters. The highest BCUT2D eigenvalue weighted by atomic mass is 35.5. The highest BCUT2D eigenvalue weighted by Gasteiger charge is 2.06. The summed E-state index contributed by atoms with van der Waals surface area (Å²) in [4.78, 5) is 0. The van der Waals surface area contributed by atoms with Crippen LogP contribution in [0.15, 0.2) is 31.0 Å². The van der Waals surface area contributed by atoms with E-state index in [0.717, 1.165) is 23.1 Å². The molecular formula is C13H16ClN3O. The molecule has 0 amide bonds. The minimum absolute atomic E-state index is 0.642. The molecule has 0 aliphatic carbocycles. The third-order valence-electron chi connectivity index (χ3n) is 2.60. The third kappa shape index (κ3) is 2.83. The van der Waals surface area contributed by atoms with Gasteiger partial charge in [0.15, 0.2) is 0 Å². The van der Waals surface area contributed by atoms with E-state index >= 15 is 0 Å². The molecule has 4 nitrogen and oxygen atoms in total. The van der Waals surface area contributed by atoms with Crippen molar-refractivity contribution in [2.75, 3.05) is 25.6 Å². The van der Waals surface area contributed by atoms with Crippen LogP contribution < -0.4 is 5.32 Å². The van der Waals surface area contributed by atoms with Crippen molar-refractivity contribution < 1.29 is 4.74 Å². The Labute approximate surface area is 111 Å². The molecule has 0 aliphatic heterocycles. The molecule has 0 saturated carbocycles. The van der Waals surface area contributed by atoms with Crippen molar-refractivity contribution >= 4 is 28.2 Å². The van der Waals surface area contributed by atoms with Crippen molar-refractivity contribution in [3.05, 3.63) is 36.0 Å². The van der Waals surface area contributed by atoms with Crippen LogP contribution in [0, 0.1) is 0 Å². The van der Waals surface area contributed by atoms with Crippen molar-refractivity contribution in [2.45, 2.75) is 6.54 Å². The lowest BCUT2D eigenvalue weighted by atomic mass is 10.2. The predicted octanol–water partition coefficient (Wildman–Crippen LogP) is 2.93. The topological polar surface area (TPSA) is 39.1 Å². The van der Waals surface area contributed by atoms with Crippen LogP contribution in [0.2, 0.25) is 5.02 Å². The summed E-state index contributed by atoms with van der Waals surface area (Å²) in [5.74, 6) is 0. The molecule has 0 aliphatic rings. The monoisotopic (exact) mass is 265 g/mol. The van der Waals surface area contributed by atoms with E-state index in [1.807, 2.05) is 23.0 Å². The molecule has 5 heteroatoms. The standard InChI is InChI=1S/C13H16ClN3O/c1-3-4-15-13-7-10-9-17(5-6-18-2)16-12(10)8-11(13)14/h3,7-9,15H,1,4-6H2,2H3. The lowest BCUT2D eigenvalue weighted by molar-refractivity contribution is 0.184. The van der Waals surface area contributed by atoms with Crippen LogP contribution in [0.25, 0.3) is 10.9 Å². The zero-order chi connectivity index (χ0) is 13.0. The molecule has 0 unspecified atom stereocenters. The molecule has 18 heavy (non-hydrogen) atoms. The van der Waals surface area contributed by atoms with Crippen molar-refractivity contribution in [1.82, 2.24) is 9.78 Å². The number of hydrogen-bond donors (Lipinski definition) is 1. The number of halogens is 1. The van der Waals surface area contributed by atoms with Crippen LogP contribution in [-0.2, 0) is 11.3 Å². The van der Waals surface area contributed by atoms with Crippen LogP contribution >= 0.6 is 11.6 Å². The van der Waals surface area contributed by atoms with Crippen molar-refractivity contribution in [3.8, 4) is 0 Å². The van der Waals surface area contributed by atoms with Gasteiger partial charge in [-0.25, -0.2) is 0 Å². The van der Waals surface area contributed by atoms with E-state index in [-0.39, 0.29) is 0 Å². The minimum Gasteiger partial charge on any atom is -0.383 e. The highest BCUT2D eigenvalue weighted by Crippen LogP contribution is 2.27. The highest BCUT2D eigenvalue weighted by molar-refractivity contribution is 6.34. The van der Waals surface area contributed by atoms with Gasteiger partial charge in [0.05, 0.1) is 29.4 Å². The Kier molecular flexibility index (Phi) is 4.23. The van der Waals surface area contributed by atoms with Gasteiger partial charge in [-0.3, -0.25) is 4.68 Å². The lowest BCUT2D eigenvalue weighted by Crippen LogP contribution is -2.03. The first-order chi connectivity index (χ1) is 8.74. The van der Waals surface area contributed by atoms with Crippen molar-refractivity contribution in [3.63, 3.8) is 0 Å². The number of methoxy groups -OCH3 is 1. The van der Waals surface area contributed by atoms with E-state index in [9.17, 15) is 0 Å². The number of rotatable bonds is 6. The Bertz CT molecular complexity index is 550. The van der Waals surface area contributed by atoms with Crippen molar-refractivity contribution in [1.29, 1.82) is 0 Å². The molecule has 1 heterocycles. The van der Waals surface area contributed by atoms with Crippen LogP contribution in [0.4, 0.5) is 5.69 Å². The maximum atomic E-state index is 6.18.